The molecule has 0 saturated carbocycles. The lowest BCUT2D eigenvalue weighted by molar-refractivity contribution is -0.116. The zero-order valence-electron chi connectivity index (χ0n) is 9.93. The van der Waals surface area contributed by atoms with Gasteiger partial charge in [-0.3, -0.25) is 9.59 Å². The lowest BCUT2D eigenvalue weighted by atomic mass is 9.96. The second kappa shape index (κ2) is 4.49. The van der Waals surface area contributed by atoms with Crippen LogP contribution in [0.25, 0.3) is 10.8 Å². The van der Waals surface area contributed by atoms with Gasteiger partial charge in [0.1, 0.15) is 11.5 Å². The van der Waals surface area contributed by atoms with E-state index in [0.29, 0.717) is 5.39 Å². The highest BCUT2D eigenvalue weighted by Crippen LogP contribution is 2.32. The van der Waals surface area contributed by atoms with Crippen molar-refractivity contribution in [2.45, 2.75) is 13.3 Å². The van der Waals surface area contributed by atoms with Gasteiger partial charge in [0, 0.05) is 11.1 Å². The van der Waals surface area contributed by atoms with Gasteiger partial charge >= 0.3 is 0 Å². The Morgan fingerprint density at radius 3 is 2.61 bits per heavy atom. The second-order valence-electron chi connectivity index (χ2n) is 4.21. The molecule has 0 amide bonds. The minimum atomic E-state index is -0.368. The minimum Gasteiger partial charge on any atom is -0.507 e. The Bertz CT molecular complexity index is 647. The molecule has 0 bridgehead atoms. The molecule has 0 radical (unpaired) electrons. The maximum atomic E-state index is 12.0. The fourth-order valence-corrected chi connectivity index (χ4v) is 1.99. The first-order chi connectivity index (χ1) is 8.50. The maximum absolute atomic E-state index is 12.0. The Morgan fingerprint density at radius 1 is 1.22 bits per heavy atom. The molecule has 0 aliphatic carbocycles. The fraction of sp³-hybridized carbons (Fsp3) is 0.143. The van der Waals surface area contributed by atoms with Crippen LogP contribution in [0.15, 0.2) is 30.3 Å². The van der Waals surface area contributed by atoms with Crippen molar-refractivity contribution in [2.75, 3.05) is 5.73 Å². The van der Waals surface area contributed by atoms with E-state index in [-0.39, 0.29) is 35.0 Å². The predicted octanol–water partition coefficient (Wildman–Crippen LogP) is 2.29. The fourth-order valence-electron chi connectivity index (χ4n) is 1.99. The van der Waals surface area contributed by atoms with Crippen molar-refractivity contribution in [1.82, 2.24) is 0 Å². The van der Waals surface area contributed by atoms with Crippen molar-refractivity contribution in [2.24, 2.45) is 0 Å². The molecule has 92 valence electrons. The highest BCUT2D eigenvalue weighted by Gasteiger charge is 2.17. The maximum Gasteiger partial charge on any atom is 0.173 e. The Morgan fingerprint density at radius 2 is 1.94 bits per heavy atom. The number of fused-ring (bicyclic) bond motifs is 1. The molecular formula is C14H13NO3. The van der Waals surface area contributed by atoms with Gasteiger partial charge in [-0.1, -0.05) is 18.2 Å². The number of nitrogen functional groups attached to an aromatic ring is 1. The number of benzene rings is 2. The van der Waals surface area contributed by atoms with Gasteiger partial charge in [-0.2, -0.15) is 0 Å². The van der Waals surface area contributed by atoms with Crippen LogP contribution in [0, 0.1) is 0 Å². The molecule has 2 aromatic rings. The largest absolute Gasteiger partial charge is 0.507 e. The van der Waals surface area contributed by atoms with E-state index in [1.54, 1.807) is 24.3 Å². The number of Topliss-reactive ketones (excluding diaryl/α,β-unsaturated/α-hetero) is 2. The van der Waals surface area contributed by atoms with Crippen molar-refractivity contribution < 1.29 is 14.7 Å². The van der Waals surface area contributed by atoms with Crippen LogP contribution >= 0.6 is 0 Å². The van der Waals surface area contributed by atoms with E-state index in [0.717, 1.165) is 5.39 Å². The van der Waals surface area contributed by atoms with Crippen LogP contribution in [0.2, 0.25) is 0 Å². The first kappa shape index (κ1) is 12.1. The van der Waals surface area contributed by atoms with Gasteiger partial charge in [0.25, 0.3) is 0 Å². The smallest absolute Gasteiger partial charge is 0.173 e. The zero-order chi connectivity index (χ0) is 13.3. The summed E-state index contributed by atoms with van der Waals surface area (Å²) >= 11 is 0. The number of phenolic OH excluding ortho intramolecular Hbond substituents is 1. The average Bonchev–Trinajstić information content (AvgIpc) is 2.29. The molecule has 4 heteroatoms. The second-order valence-corrected chi connectivity index (χ2v) is 4.21. The SMILES string of the molecule is CC(=O)CC(=O)c1c(N)ccc2cccc(O)c12. The van der Waals surface area contributed by atoms with E-state index in [9.17, 15) is 14.7 Å². The number of hydrogen-bond donors (Lipinski definition) is 2. The van der Waals surface area contributed by atoms with Gasteiger partial charge in [-0.15, -0.1) is 0 Å². The molecule has 4 nitrogen and oxygen atoms in total. The van der Waals surface area contributed by atoms with E-state index < -0.39 is 0 Å². The van der Waals surface area contributed by atoms with Gasteiger partial charge in [0.05, 0.1) is 12.0 Å². The molecule has 0 atom stereocenters. The van der Waals surface area contributed by atoms with Crippen molar-refractivity contribution in [1.29, 1.82) is 0 Å². The summed E-state index contributed by atoms with van der Waals surface area (Å²) in [6.45, 7) is 1.35. The highest BCUT2D eigenvalue weighted by molar-refractivity contribution is 6.18. The molecule has 2 rings (SSSR count). The molecule has 0 spiro atoms. The highest BCUT2D eigenvalue weighted by atomic mass is 16.3. The van der Waals surface area contributed by atoms with Gasteiger partial charge in [0.15, 0.2) is 5.78 Å². The van der Waals surface area contributed by atoms with Gasteiger partial charge in [0.2, 0.25) is 0 Å². The van der Waals surface area contributed by atoms with Crippen molar-refractivity contribution >= 4 is 28.0 Å². The van der Waals surface area contributed by atoms with Gasteiger partial charge in [-0.05, 0) is 24.4 Å². The van der Waals surface area contributed by atoms with E-state index in [4.69, 9.17) is 5.73 Å². The zero-order valence-corrected chi connectivity index (χ0v) is 9.93. The Kier molecular flexibility index (Phi) is 3.02. The number of hydrogen-bond acceptors (Lipinski definition) is 4. The number of nitrogens with two attached hydrogens (primary N) is 1. The molecule has 0 aliphatic heterocycles. The lowest BCUT2D eigenvalue weighted by Gasteiger charge is -2.09. The predicted molar refractivity (Wildman–Crippen MR) is 69.7 cm³/mol. The summed E-state index contributed by atoms with van der Waals surface area (Å²) < 4.78 is 0. The molecule has 0 saturated heterocycles. The van der Waals surface area contributed by atoms with Crippen LogP contribution in [-0.2, 0) is 4.79 Å². The normalized spacial score (nSPS) is 10.5. The van der Waals surface area contributed by atoms with Crippen molar-refractivity contribution in [3.05, 3.63) is 35.9 Å². The Labute approximate surface area is 104 Å². The molecule has 0 fully saturated rings. The third-order valence-electron chi connectivity index (χ3n) is 2.74. The molecule has 3 N–H and O–H groups in total. The number of ketones is 2. The van der Waals surface area contributed by atoms with E-state index in [1.807, 2.05) is 0 Å². The molecular weight excluding hydrogens is 230 g/mol. The number of carbonyl (C=O) groups excluding carboxylic acids is 2. The molecule has 0 heterocycles. The van der Waals surface area contributed by atoms with E-state index >= 15 is 0 Å². The summed E-state index contributed by atoms with van der Waals surface area (Å²) in [6.07, 6.45) is -0.211. The Hall–Kier alpha value is -2.36. The van der Waals surface area contributed by atoms with Crippen LogP contribution in [-0.4, -0.2) is 16.7 Å². The molecule has 2 aromatic carbocycles. The monoisotopic (exact) mass is 243 g/mol. The Balaban J connectivity index is 2.72. The van der Waals surface area contributed by atoms with Crippen LogP contribution in [0.3, 0.4) is 0 Å². The van der Waals surface area contributed by atoms with Crippen molar-refractivity contribution in [3.8, 4) is 5.75 Å². The van der Waals surface area contributed by atoms with E-state index in [2.05, 4.69) is 0 Å². The summed E-state index contributed by atoms with van der Waals surface area (Å²) in [7, 11) is 0. The number of aromatic hydroxyl groups is 1. The third kappa shape index (κ3) is 2.05. The van der Waals surface area contributed by atoms with Gasteiger partial charge in [-0.25, -0.2) is 0 Å². The van der Waals surface area contributed by atoms with Crippen LogP contribution in [0.1, 0.15) is 23.7 Å². The summed E-state index contributed by atoms with van der Waals surface area (Å²) in [6, 6.07) is 8.29. The van der Waals surface area contributed by atoms with Crippen molar-refractivity contribution in [3.63, 3.8) is 0 Å². The third-order valence-corrected chi connectivity index (χ3v) is 2.74. The number of rotatable bonds is 3. The first-order valence-corrected chi connectivity index (χ1v) is 5.53. The minimum absolute atomic E-state index is 0.00768. The quantitative estimate of drug-likeness (QED) is 0.492. The van der Waals surface area contributed by atoms with Gasteiger partial charge < -0.3 is 10.8 Å². The average molecular weight is 243 g/mol. The molecule has 0 unspecified atom stereocenters. The van der Waals surface area contributed by atoms with Crippen LogP contribution in [0.5, 0.6) is 5.75 Å². The number of carbonyl (C=O) groups is 2. The standard InChI is InChI=1S/C14H13NO3/c1-8(16)7-12(18)14-10(15)6-5-9-3-2-4-11(17)13(9)14/h2-6,17H,7,15H2,1H3. The molecule has 18 heavy (non-hydrogen) atoms. The van der Waals surface area contributed by atoms with Crippen LogP contribution < -0.4 is 5.73 Å². The summed E-state index contributed by atoms with van der Waals surface area (Å²) in [4.78, 5) is 23.1. The topological polar surface area (TPSA) is 80.4 Å². The number of phenols is 1. The molecule has 0 aliphatic rings. The van der Waals surface area contributed by atoms with E-state index in [1.165, 1.54) is 13.0 Å². The number of anilines is 1. The molecule has 0 aromatic heterocycles. The summed E-state index contributed by atoms with van der Waals surface area (Å²) in [5.74, 6) is -0.606. The summed E-state index contributed by atoms with van der Waals surface area (Å²) in [5, 5.41) is 11.0. The lowest BCUT2D eigenvalue weighted by Crippen LogP contribution is -2.08. The summed E-state index contributed by atoms with van der Waals surface area (Å²) in [5.41, 5.74) is 6.29. The first-order valence-electron chi connectivity index (χ1n) is 5.53. The van der Waals surface area contributed by atoms with Crippen LogP contribution in [0.4, 0.5) is 5.69 Å².